The Balaban J connectivity index is 1.87. The van der Waals surface area contributed by atoms with E-state index in [1.165, 1.54) is 20.3 Å². The van der Waals surface area contributed by atoms with Crippen molar-refractivity contribution in [2.24, 2.45) is 0 Å². The average molecular weight is 391 g/mol. The van der Waals surface area contributed by atoms with Crippen molar-refractivity contribution < 1.29 is 28.6 Å². The maximum atomic E-state index is 12.3. The number of Topliss-reactive ketones (excluding diaryl/α,β-unsaturated/α-hetero) is 2. The van der Waals surface area contributed by atoms with Crippen molar-refractivity contribution in [3.63, 3.8) is 0 Å². The molecule has 2 aromatic carbocycles. The van der Waals surface area contributed by atoms with Crippen LogP contribution in [0.1, 0.15) is 33.6 Å². The Bertz CT molecular complexity index is 829. The number of hydrogen-bond donors (Lipinski definition) is 0. The summed E-state index contributed by atoms with van der Waals surface area (Å²) in [5.41, 5.74) is 0.714. The van der Waals surface area contributed by atoms with Crippen LogP contribution in [0.5, 0.6) is 11.5 Å². The normalized spacial score (nSPS) is 10.2. The third-order valence-corrected chi connectivity index (χ3v) is 4.05. The van der Waals surface area contributed by atoms with Crippen molar-refractivity contribution in [2.45, 2.75) is 12.8 Å². The van der Waals surface area contributed by atoms with Gasteiger partial charge in [-0.3, -0.25) is 14.4 Å². The van der Waals surface area contributed by atoms with Crippen LogP contribution >= 0.6 is 11.6 Å². The van der Waals surface area contributed by atoms with Crippen LogP contribution in [0, 0.1) is 0 Å². The molecule has 0 bridgehead atoms. The van der Waals surface area contributed by atoms with Crippen molar-refractivity contribution in [1.29, 1.82) is 0 Å². The molecule has 2 aromatic rings. The first-order valence-electron chi connectivity index (χ1n) is 8.14. The van der Waals surface area contributed by atoms with Gasteiger partial charge in [-0.2, -0.15) is 0 Å². The Labute approximate surface area is 162 Å². The van der Waals surface area contributed by atoms with E-state index < -0.39 is 18.4 Å². The molecule has 2 rings (SSSR count). The second kappa shape index (κ2) is 9.73. The summed E-state index contributed by atoms with van der Waals surface area (Å²) in [6.45, 7) is -0.447. The summed E-state index contributed by atoms with van der Waals surface area (Å²) in [6, 6.07) is 11.2. The van der Waals surface area contributed by atoms with E-state index in [1.807, 2.05) is 0 Å². The fourth-order valence-corrected chi connectivity index (χ4v) is 2.45. The van der Waals surface area contributed by atoms with E-state index >= 15 is 0 Å². The predicted octanol–water partition coefficient (Wildman–Crippen LogP) is 3.75. The first-order valence-corrected chi connectivity index (χ1v) is 8.52. The standard InChI is InChI=1S/C20H19ClO6/c1-25-15-7-9-19(26-2)16(11-15)18(23)12-27-20(24)10-8-17(22)13-3-5-14(21)6-4-13/h3-7,9,11H,8,10,12H2,1-2H3. The zero-order chi connectivity index (χ0) is 19.8. The number of esters is 1. The molecule has 7 heteroatoms. The van der Waals surface area contributed by atoms with Crippen LogP contribution in [-0.2, 0) is 9.53 Å². The molecule has 0 radical (unpaired) electrons. The number of carbonyl (C=O) groups is 3. The van der Waals surface area contributed by atoms with E-state index in [1.54, 1.807) is 36.4 Å². The second-order valence-corrected chi connectivity index (χ2v) is 6.02. The molecule has 0 aliphatic carbocycles. The number of halogens is 1. The minimum Gasteiger partial charge on any atom is -0.497 e. The molecule has 0 spiro atoms. The lowest BCUT2D eigenvalue weighted by atomic mass is 10.1. The lowest BCUT2D eigenvalue weighted by molar-refractivity contribution is -0.142. The van der Waals surface area contributed by atoms with Crippen LogP contribution < -0.4 is 9.47 Å². The van der Waals surface area contributed by atoms with E-state index in [0.717, 1.165) is 0 Å². The molecular formula is C20H19ClO6. The Hall–Kier alpha value is -2.86. The van der Waals surface area contributed by atoms with E-state index in [-0.39, 0.29) is 24.2 Å². The molecule has 0 heterocycles. The summed E-state index contributed by atoms with van der Waals surface area (Å²) in [4.78, 5) is 36.2. The molecular weight excluding hydrogens is 372 g/mol. The molecule has 0 saturated carbocycles. The zero-order valence-electron chi connectivity index (χ0n) is 15.0. The van der Waals surface area contributed by atoms with Gasteiger partial charge in [-0.1, -0.05) is 11.6 Å². The minimum atomic E-state index is -0.632. The topological polar surface area (TPSA) is 78.9 Å². The molecule has 0 saturated heterocycles. The highest BCUT2D eigenvalue weighted by Crippen LogP contribution is 2.24. The predicted molar refractivity (Wildman–Crippen MR) is 99.9 cm³/mol. The van der Waals surface area contributed by atoms with E-state index in [9.17, 15) is 14.4 Å². The first kappa shape index (κ1) is 20.5. The van der Waals surface area contributed by atoms with Crippen LogP contribution in [0.15, 0.2) is 42.5 Å². The van der Waals surface area contributed by atoms with Gasteiger partial charge in [0.05, 0.1) is 26.2 Å². The van der Waals surface area contributed by atoms with E-state index in [0.29, 0.717) is 22.1 Å². The van der Waals surface area contributed by atoms with Crippen molar-refractivity contribution in [2.75, 3.05) is 20.8 Å². The lowest BCUT2D eigenvalue weighted by Gasteiger charge is -2.10. The number of rotatable bonds is 9. The highest BCUT2D eigenvalue weighted by atomic mass is 35.5. The molecule has 0 amide bonds. The fourth-order valence-electron chi connectivity index (χ4n) is 2.32. The SMILES string of the molecule is COc1ccc(OC)c(C(=O)COC(=O)CCC(=O)c2ccc(Cl)cc2)c1. The molecule has 142 valence electrons. The minimum absolute atomic E-state index is 0.0167. The molecule has 0 aliphatic rings. The highest BCUT2D eigenvalue weighted by molar-refractivity contribution is 6.30. The van der Waals surface area contributed by atoms with Crippen LogP contribution in [0.2, 0.25) is 5.02 Å². The van der Waals surface area contributed by atoms with Gasteiger partial charge in [-0.15, -0.1) is 0 Å². The van der Waals surface area contributed by atoms with Crippen molar-refractivity contribution in [3.8, 4) is 11.5 Å². The Morgan fingerprint density at radius 2 is 1.59 bits per heavy atom. The van der Waals surface area contributed by atoms with Crippen LogP contribution in [0.25, 0.3) is 0 Å². The van der Waals surface area contributed by atoms with Crippen LogP contribution in [0.4, 0.5) is 0 Å². The second-order valence-electron chi connectivity index (χ2n) is 5.58. The summed E-state index contributed by atoms with van der Waals surface area (Å²) in [5, 5.41) is 0.525. The summed E-state index contributed by atoms with van der Waals surface area (Å²) in [7, 11) is 2.92. The molecule has 0 unspecified atom stereocenters. The number of ether oxygens (including phenoxy) is 3. The Morgan fingerprint density at radius 3 is 2.22 bits per heavy atom. The number of benzene rings is 2. The van der Waals surface area contributed by atoms with Crippen molar-refractivity contribution in [1.82, 2.24) is 0 Å². The van der Waals surface area contributed by atoms with Gasteiger partial charge in [0.25, 0.3) is 0 Å². The van der Waals surface area contributed by atoms with Gasteiger partial charge in [0, 0.05) is 17.0 Å². The molecule has 0 atom stereocenters. The third kappa shape index (κ3) is 5.82. The quantitative estimate of drug-likeness (QED) is 0.479. The van der Waals surface area contributed by atoms with E-state index in [4.69, 9.17) is 25.8 Å². The number of ketones is 2. The zero-order valence-corrected chi connectivity index (χ0v) is 15.7. The summed E-state index contributed by atoms with van der Waals surface area (Å²) in [6.07, 6.45) is -0.138. The maximum absolute atomic E-state index is 12.3. The van der Waals surface area contributed by atoms with Gasteiger partial charge in [0.15, 0.2) is 12.4 Å². The molecule has 6 nitrogen and oxygen atoms in total. The highest BCUT2D eigenvalue weighted by Gasteiger charge is 2.17. The summed E-state index contributed by atoms with van der Waals surface area (Å²) < 4.78 is 15.2. The Kier molecular flexibility index (Phi) is 7.37. The van der Waals surface area contributed by atoms with Gasteiger partial charge in [-0.25, -0.2) is 0 Å². The third-order valence-electron chi connectivity index (χ3n) is 3.79. The van der Waals surface area contributed by atoms with Gasteiger partial charge in [0.1, 0.15) is 11.5 Å². The maximum Gasteiger partial charge on any atom is 0.306 e. The lowest BCUT2D eigenvalue weighted by Crippen LogP contribution is -2.16. The smallest absolute Gasteiger partial charge is 0.306 e. The first-order chi connectivity index (χ1) is 12.9. The van der Waals surface area contributed by atoms with Gasteiger partial charge in [0.2, 0.25) is 5.78 Å². The van der Waals surface area contributed by atoms with Crippen molar-refractivity contribution >= 4 is 29.1 Å². The van der Waals surface area contributed by atoms with E-state index in [2.05, 4.69) is 0 Å². The van der Waals surface area contributed by atoms with Crippen molar-refractivity contribution in [3.05, 3.63) is 58.6 Å². The molecule has 27 heavy (non-hydrogen) atoms. The summed E-state index contributed by atoms with van der Waals surface area (Å²) in [5.74, 6) is -0.422. The number of carbonyl (C=O) groups excluding carboxylic acids is 3. The van der Waals surface area contributed by atoms with Crippen LogP contribution in [-0.4, -0.2) is 38.4 Å². The molecule has 0 fully saturated rings. The molecule has 0 aromatic heterocycles. The van der Waals surface area contributed by atoms with Crippen LogP contribution in [0.3, 0.4) is 0 Å². The van der Waals surface area contributed by atoms with Gasteiger partial charge < -0.3 is 14.2 Å². The molecule has 0 aliphatic heterocycles. The van der Waals surface area contributed by atoms with Gasteiger partial charge >= 0.3 is 5.97 Å². The number of methoxy groups -OCH3 is 2. The molecule has 0 N–H and O–H groups in total. The number of hydrogen-bond acceptors (Lipinski definition) is 6. The average Bonchev–Trinajstić information content (AvgIpc) is 2.70. The fraction of sp³-hybridized carbons (Fsp3) is 0.250. The monoisotopic (exact) mass is 390 g/mol. The Morgan fingerprint density at radius 1 is 0.889 bits per heavy atom. The largest absolute Gasteiger partial charge is 0.497 e. The van der Waals surface area contributed by atoms with Gasteiger partial charge in [-0.05, 0) is 42.5 Å². The summed E-state index contributed by atoms with van der Waals surface area (Å²) >= 11 is 5.77.